The first-order chi connectivity index (χ1) is 10.9. The predicted octanol–water partition coefficient (Wildman–Crippen LogP) is 5.03. The number of thioether (sulfide) groups is 1. The van der Waals surface area contributed by atoms with Crippen molar-refractivity contribution in [2.45, 2.75) is 16.7 Å². The predicted molar refractivity (Wildman–Crippen MR) is 94.9 cm³/mol. The van der Waals surface area contributed by atoms with Gasteiger partial charge in [-0.1, -0.05) is 72.8 Å². The monoisotopic (exact) mass is 305 g/mol. The zero-order valence-corrected chi connectivity index (χ0v) is 13.2. The summed E-state index contributed by atoms with van der Waals surface area (Å²) in [5, 5.41) is 0.287. The van der Waals surface area contributed by atoms with E-state index in [9.17, 15) is 0 Å². The molecular weight excluding hydrogens is 286 g/mol. The Bertz CT molecular complexity index is 693. The molecule has 0 fully saturated rings. The van der Waals surface area contributed by atoms with Gasteiger partial charge in [-0.05, 0) is 28.8 Å². The molecule has 0 aliphatic carbocycles. The molecule has 1 nitrogen and oxygen atoms in total. The van der Waals surface area contributed by atoms with Crippen molar-refractivity contribution < 1.29 is 0 Å². The first kappa shape index (κ1) is 14.9. The number of rotatable bonds is 5. The van der Waals surface area contributed by atoms with Gasteiger partial charge in [0.05, 0.1) is 5.25 Å². The Morgan fingerprint density at radius 3 is 1.82 bits per heavy atom. The molecule has 3 aromatic carbocycles. The third kappa shape index (κ3) is 3.59. The maximum Gasteiger partial charge on any atom is 0.0593 e. The van der Waals surface area contributed by atoms with E-state index < -0.39 is 0 Å². The quantitative estimate of drug-likeness (QED) is 0.669. The highest BCUT2D eigenvalue weighted by atomic mass is 32.2. The van der Waals surface area contributed by atoms with Crippen molar-refractivity contribution in [3.8, 4) is 0 Å². The lowest BCUT2D eigenvalue weighted by Gasteiger charge is -2.18. The number of hydrogen-bond donors (Lipinski definition) is 1. The van der Waals surface area contributed by atoms with Gasteiger partial charge in [-0.15, -0.1) is 11.8 Å². The molecule has 22 heavy (non-hydrogen) atoms. The first-order valence-electron chi connectivity index (χ1n) is 7.42. The molecule has 0 amide bonds. The highest BCUT2D eigenvalue weighted by molar-refractivity contribution is 7.99. The molecule has 0 heterocycles. The molecule has 1 atom stereocenters. The fourth-order valence-corrected chi connectivity index (χ4v) is 3.59. The summed E-state index contributed by atoms with van der Waals surface area (Å²) in [5.41, 5.74) is 9.49. The maximum absolute atomic E-state index is 5.71. The van der Waals surface area contributed by atoms with Gasteiger partial charge in [0, 0.05) is 11.4 Å². The van der Waals surface area contributed by atoms with Crippen LogP contribution in [0.15, 0.2) is 89.8 Å². The van der Waals surface area contributed by atoms with Crippen molar-refractivity contribution in [2.24, 2.45) is 5.73 Å². The minimum absolute atomic E-state index is 0.287. The Morgan fingerprint density at radius 2 is 1.23 bits per heavy atom. The number of nitrogens with two attached hydrogens (primary N) is 1. The lowest BCUT2D eigenvalue weighted by molar-refractivity contribution is 1.06. The summed E-state index contributed by atoms with van der Waals surface area (Å²) in [5.74, 6) is 0. The summed E-state index contributed by atoms with van der Waals surface area (Å²) in [6.45, 7) is 0.585. The van der Waals surface area contributed by atoms with E-state index in [2.05, 4.69) is 84.9 Å². The molecule has 0 saturated carbocycles. The van der Waals surface area contributed by atoms with Crippen molar-refractivity contribution in [3.05, 3.63) is 102 Å². The summed E-state index contributed by atoms with van der Waals surface area (Å²) in [7, 11) is 0. The van der Waals surface area contributed by atoms with Crippen LogP contribution in [0.4, 0.5) is 0 Å². The summed E-state index contributed by atoms with van der Waals surface area (Å²) in [6, 6.07) is 29.8. The highest BCUT2D eigenvalue weighted by Gasteiger charge is 2.15. The van der Waals surface area contributed by atoms with E-state index in [0.717, 1.165) is 0 Å². The van der Waals surface area contributed by atoms with E-state index in [1.54, 1.807) is 0 Å². The molecule has 0 aromatic heterocycles. The van der Waals surface area contributed by atoms with Crippen LogP contribution >= 0.6 is 11.8 Å². The molecule has 0 saturated heterocycles. The Morgan fingerprint density at radius 1 is 0.682 bits per heavy atom. The molecule has 0 bridgehead atoms. The molecule has 0 aliphatic rings. The minimum Gasteiger partial charge on any atom is -0.326 e. The third-order valence-electron chi connectivity index (χ3n) is 3.62. The fraction of sp³-hybridized carbons (Fsp3) is 0.100. The van der Waals surface area contributed by atoms with Crippen molar-refractivity contribution in [2.75, 3.05) is 0 Å². The van der Waals surface area contributed by atoms with Crippen LogP contribution in [0.5, 0.6) is 0 Å². The van der Waals surface area contributed by atoms with E-state index in [1.165, 1.54) is 21.6 Å². The summed E-state index contributed by atoms with van der Waals surface area (Å²) in [6.07, 6.45) is 0. The Kier molecular flexibility index (Phi) is 4.94. The van der Waals surface area contributed by atoms with Crippen LogP contribution in [-0.2, 0) is 6.54 Å². The average Bonchev–Trinajstić information content (AvgIpc) is 2.61. The van der Waals surface area contributed by atoms with Gasteiger partial charge in [-0.3, -0.25) is 0 Å². The van der Waals surface area contributed by atoms with Crippen LogP contribution in [0, 0.1) is 0 Å². The zero-order valence-electron chi connectivity index (χ0n) is 12.4. The second-order valence-electron chi connectivity index (χ2n) is 5.17. The van der Waals surface area contributed by atoms with Gasteiger partial charge in [0.1, 0.15) is 0 Å². The van der Waals surface area contributed by atoms with Gasteiger partial charge in [0.25, 0.3) is 0 Å². The van der Waals surface area contributed by atoms with Crippen molar-refractivity contribution in [1.82, 2.24) is 0 Å². The van der Waals surface area contributed by atoms with Gasteiger partial charge >= 0.3 is 0 Å². The van der Waals surface area contributed by atoms with Crippen LogP contribution in [0.2, 0.25) is 0 Å². The number of hydrogen-bond acceptors (Lipinski definition) is 2. The van der Waals surface area contributed by atoms with Crippen LogP contribution in [0.25, 0.3) is 0 Å². The third-order valence-corrected chi connectivity index (χ3v) is 4.94. The molecular formula is C20H19NS. The molecule has 3 rings (SSSR count). The Balaban J connectivity index is 1.95. The van der Waals surface area contributed by atoms with E-state index in [0.29, 0.717) is 6.54 Å². The van der Waals surface area contributed by atoms with E-state index >= 15 is 0 Å². The van der Waals surface area contributed by atoms with E-state index in [1.807, 2.05) is 11.8 Å². The van der Waals surface area contributed by atoms with Crippen LogP contribution in [0.3, 0.4) is 0 Å². The van der Waals surface area contributed by atoms with Gasteiger partial charge in [-0.2, -0.15) is 0 Å². The lowest BCUT2D eigenvalue weighted by Crippen LogP contribution is -1.99. The first-order valence-corrected chi connectivity index (χ1v) is 8.30. The fourth-order valence-electron chi connectivity index (χ4n) is 2.42. The Hall–Kier alpha value is -2.03. The highest BCUT2D eigenvalue weighted by Crippen LogP contribution is 2.40. The topological polar surface area (TPSA) is 26.0 Å². The average molecular weight is 305 g/mol. The molecule has 1 unspecified atom stereocenters. The summed E-state index contributed by atoms with van der Waals surface area (Å²) < 4.78 is 0. The molecule has 2 heteroatoms. The molecule has 2 N–H and O–H groups in total. The number of benzene rings is 3. The smallest absolute Gasteiger partial charge is 0.0593 e. The minimum atomic E-state index is 0.287. The normalized spacial score (nSPS) is 12.0. The molecule has 0 radical (unpaired) electrons. The van der Waals surface area contributed by atoms with Crippen LogP contribution in [0.1, 0.15) is 21.9 Å². The van der Waals surface area contributed by atoms with Gasteiger partial charge in [-0.25, -0.2) is 0 Å². The van der Waals surface area contributed by atoms with Gasteiger partial charge in [0.15, 0.2) is 0 Å². The van der Waals surface area contributed by atoms with Crippen molar-refractivity contribution in [1.29, 1.82) is 0 Å². The molecule has 110 valence electrons. The summed E-state index contributed by atoms with van der Waals surface area (Å²) in [4.78, 5) is 1.28. The zero-order chi connectivity index (χ0) is 15.2. The van der Waals surface area contributed by atoms with E-state index in [4.69, 9.17) is 5.73 Å². The second kappa shape index (κ2) is 7.30. The molecule has 0 aliphatic heterocycles. The molecule has 0 spiro atoms. The van der Waals surface area contributed by atoms with Crippen molar-refractivity contribution in [3.63, 3.8) is 0 Å². The SMILES string of the molecule is NCc1ccc(C(Sc2ccccc2)c2ccccc2)cc1. The van der Waals surface area contributed by atoms with Gasteiger partial charge < -0.3 is 5.73 Å². The molecule has 3 aromatic rings. The Labute approximate surface area is 136 Å². The maximum atomic E-state index is 5.71. The summed E-state index contributed by atoms with van der Waals surface area (Å²) >= 11 is 1.88. The second-order valence-corrected chi connectivity index (χ2v) is 6.35. The van der Waals surface area contributed by atoms with Crippen LogP contribution in [-0.4, -0.2) is 0 Å². The van der Waals surface area contributed by atoms with Gasteiger partial charge in [0.2, 0.25) is 0 Å². The van der Waals surface area contributed by atoms with Crippen molar-refractivity contribution >= 4 is 11.8 Å². The van der Waals surface area contributed by atoms with Crippen LogP contribution < -0.4 is 5.73 Å². The largest absolute Gasteiger partial charge is 0.326 e. The van der Waals surface area contributed by atoms with E-state index in [-0.39, 0.29) is 5.25 Å². The standard InChI is InChI=1S/C20H19NS/c21-15-16-11-13-18(14-12-16)20(17-7-3-1-4-8-17)22-19-9-5-2-6-10-19/h1-14,20H,15,21H2. The lowest BCUT2D eigenvalue weighted by atomic mass is 10.0.